The first-order valence-electron chi connectivity index (χ1n) is 5.42. The summed E-state index contributed by atoms with van der Waals surface area (Å²) in [6.45, 7) is 1.75. The first-order chi connectivity index (χ1) is 9.24. The zero-order valence-electron chi connectivity index (χ0n) is 10.4. The van der Waals surface area contributed by atoms with Gasteiger partial charge in [-0.25, -0.2) is 4.99 Å². The molecule has 0 saturated carbocycles. The summed E-state index contributed by atoms with van der Waals surface area (Å²) in [5.74, 6) is 0.975. The number of hydrogen-bond donors (Lipinski definition) is 1. The van der Waals surface area contributed by atoms with Crippen LogP contribution in [0.5, 0.6) is 0 Å². The molecule has 1 aromatic carbocycles. The maximum atomic E-state index is 8.64. The first-order valence-corrected chi connectivity index (χ1v) is 6.64. The van der Waals surface area contributed by atoms with Crippen LogP contribution in [-0.4, -0.2) is 21.6 Å². The van der Waals surface area contributed by atoms with Crippen molar-refractivity contribution in [2.75, 3.05) is 6.26 Å². The van der Waals surface area contributed by atoms with Gasteiger partial charge in [0.05, 0.1) is 11.3 Å². The Bertz CT molecular complexity index is 644. The number of aliphatic imine (C=N–C) groups is 1. The molecule has 7 heteroatoms. The molecule has 19 heavy (non-hydrogen) atoms. The van der Waals surface area contributed by atoms with Crippen LogP contribution in [0.25, 0.3) is 11.5 Å². The molecule has 1 heterocycles. The van der Waals surface area contributed by atoms with Crippen molar-refractivity contribution in [2.45, 2.75) is 6.92 Å². The highest BCUT2D eigenvalue weighted by atomic mass is 32.2. The summed E-state index contributed by atoms with van der Waals surface area (Å²) >= 11 is 1.35. The Kier molecular flexibility index (Phi) is 4.15. The van der Waals surface area contributed by atoms with Crippen molar-refractivity contribution in [3.8, 4) is 17.6 Å². The van der Waals surface area contributed by atoms with Crippen LogP contribution >= 0.6 is 11.8 Å². The lowest BCUT2D eigenvalue weighted by Gasteiger charge is -2.03. The summed E-state index contributed by atoms with van der Waals surface area (Å²) in [6.07, 6.45) is 3.69. The quantitative estimate of drug-likeness (QED) is 0.391. The minimum atomic E-state index is 0.411. The fourth-order valence-corrected chi connectivity index (χ4v) is 1.78. The number of para-hydroxylation sites is 1. The van der Waals surface area contributed by atoms with E-state index in [-0.39, 0.29) is 0 Å². The van der Waals surface area contributed by atoms with E-state index in [2.05, 4.69) is 20.4 Å². The van der Waals surface area contributed by atoms with Gasteiger partial charge in [-0.3, -0.25) is 5.32 Å². The second kappa shape index (κ2) is 6.02. The lowest BCUT2D eigenvalue weighted by molar-refractivity contribution is 0.426. The predicted molar refractivity (Wildman–Crippen MR) is 73.8 cm³/mol. The molecule has 0 aliphatic heterocycles. The first kappa shape index (κ1) is 13.1. The highest BCUT2D eigenvalue weighted by molar-refractivity contribution is 8.13. The van der Waals surface area contributed by atoms with Crippen molar-refractivity contribution < 1.29 is 4.52 Å². The highest BCUT2D eigenvalue weighted by Gasteiger charge is 2.11. The summed E-state index contributed by atoms with van der Waals surface area (Å²) in [7, 11) is 0. The summed E-state index contributed by atoms with van der Waals surface area (Å²) < 4.78 is 5.14. The van der Waals surface area contributed by atoms with Crippen molar-refractivity contribution in [1.82, 2.24) is 15.5 Å². The maximum Gasteiger partial charge on any atom is 0.260 e. The summed E-state index contributed by atoms with van der Waals surface area (Å²) in [5.41, 5.74) is 1.40. The van der Waals surface area contributed by atoms with Gasteiger partial charge < -0.3 is 4.52 Å². The molecule has 96 valence electrons. The molecule has 0 radical (unpaired) electrons. The Morgan fingerprint density at radius 2 is 2.26 bits per heavy atom. The fourth-order valence-electron chi connectivity index (χ4n) is 1.44. The molecule has 2 aromatic rings. The minimum Gasteiger partial charge on any atom is -0.334 e. The summed E-state index contributed by atoms with van der Waals surface area (Å²) in [6, 6.07) is 7.39. The van der Waals surface area contributed by atoms with Crippen molar-refractivity contribution >= 4 is 22.6 Å². The Morgan fingerprint density at radius 3 is 2.89 bits per heavy atom. The zero-order chi connectivity index (χ0) is 13.7. The second-order valence-electron chi connectivity index (χ2n) is 3.52. The standard InChI is InChI=1S/C12H11N5OS/c1-8-15-11(18-17-8)9-5-3-4-6-10(9)16-12(19-2)14-7-13/h3-6H,1-2H3,(H,14,16). The van der Waals surface area contributed by atoms with Crippen LogP contribution in [0.1, 0.15) is 5.82 Å². The smallest absolute Gasteiger partial charge is 0.260 e. The Balaban J connectivity index is 2.45. The fraction of sp³-hybridized carbons (Fsp3) is 0.167. The number of nitrogens with zero attached hydrogens (tertiary/aromatic N) is 4. The number of rotatable bonds is 2. The predicted octanol–water partition coefficient (Wildman–Crippen LogP) is 2.47. The zero-order valence-corrected chi connectivity index (χ0v) is 11.2. The monoisotopic (exact) mass is 273 g/mol. The number of nitriles is 1. The van der Waals surface area contributed by atoms with Crippen molar-refractivity contribution in [3.63, 3.8) is 0 Å². The molecule has 6 nitrogen and oxygen atoms in total. The third-order valence-electron chi connectivity index (χ3n) is 2.24. The number of nitrogens with one attached hydrogen (secondary N) is 1. The summed E-state index contributed by atoms with van der Waals surface area (Å²) in [4.78, 5) is 8.55. The van der Waals surface area contributed by atoms with Gasteiger partial charge in [0.25, 0.3) is 5.89 Å². The average molecular weight is 273 g/mol. The second-order valence-corrected chi connectivity index (χ2v) is 4.32. The van der Waals surface area contributed by atoms with E-state index in [1.807, 2.05) is 36.7 Å². The Hall–Kier alpha value is -2.33. The number of benzene rings is 1. The summed E-state index contributed by atoms with van der Waals surface area (Å²) in [5, 5.41) is 15.4. The largest absolute Gasteiger partial charge is 0.334 e. The van der Waals surface area contributed by atoms with Crippen LogP contribution in [0.3, 0.4) is 0 Å². The molecule has 0 aliphatic carbocycles. The van der Waals surface area contributed by atoms with E-state index in [1.54, 1.807) is 6.92 Å². The Morgan fingerprint density at radius 1 is 1.47 bits per heavy atom. The van der Waals surface area contributed by atoms with Gasteiger partial charge in [-0.2, -0.15) is 10.2 Å². The van der Waals surface area contributed by atoms with Crippen molar-refractivity contribution in [2.24, 2.45) is 4.99 Å². The molecule has 0 spiro atoms. The molecule has 0 bridgehead atoms. The molecule has 1 aromatic heterocycles. The van der Waals surface area contributed by atoms with Crippen LogP contribution in [0.2, 0.25) is 0 Å². The molecular formula is C12H11N5OS. The minimum absolute atomic E-state index is 0.411. The molecule has 0 amide bonds. The Labute approximate surface area is 114 Å². The molecule has 1 N–H and O–H groups in total. The normalized spacial score (nSPS) is 11.1. The topological polar surface area (TPSA) is 87.1 Å². The third kappa shape index (κ3) is 3.11. The molecule has 2 rings (SSSR count). The van der Waals surface area contributed by atoms with Gasteiger partial charge in [-0.1, -0.05) is 29.1 Å². The lowest BCUT2D eigenvalue weighted by atomic mass is 10.2. The van der Waals surface area contributed by atoms with E-state index in [0.717, 1.165) is 5.56 Å². The van der Waals surface area contributed by atoms with Gasteiger partial charge >= 0.3 is 0 Å². The van der Waals surface area contributed by atoms with E-state index in [9.17, 15) is 0 Å². The van der Waals surface area contributed by atoms with Gasteiger partial charge in [0.2, 0.25) is 0 Å². The van der Waals surface area contributed by atoms with E-state index >= 15 is 0 Å². The molecular weight excluding hydrogens is 262 g/mol. The van der Waals surface area contributed by atoms with E-state index in [1.165, 1.54) is 11.8 Å². The van der Waals surface area contributed by atoms with Gasteiger partial charge in [-0.15, -0.1) is 0 Å². The van der Waals surface area contributed by atoms with E-state index in [0.29, 0.717) is 22.6 Å². The highest BCUT2D eigenvalue weighted by Crippen LogP contribution is 2.29. The van der Waals surface area contributed by atoms with Crippen LogP contribution < -0.4 is 5.32 Å². The van der Waals surface area contributed by atoms with Crippen molar-refractivity contribution in [1.29, 1.82) is 5.26 Å². The molecule has 0 aliphatic rings. The number of aryl methyl sites for hydroxylation is 1. The van der Waals surface area contributed by atoms with Gasteiger partial charge in [0.1, 0.15) is 0 Å². The SMILES string of the molecule is CSC(=Nc1ccccc1-c1nc(C)no1)NC#N. The molecule has 0 fully saturated rings. The van der Waals surface area contributed by atoms with Gasteiger partial charge in [0, 0.05) is 0 Å². The van der Waals surface area contributed by atoms with Crippen LogP contribution in [0.15, 0.2) is 33.8 Å². The number of hydrogen-bond acceptors (Lipinski definition) is 6. The average Bonchev–Trinajstić information content (AvgIpc) is 2.85. The van der Waals surface area contributed by atoms with E-state index < -0.39 is 0 Å². The number of aromatic nitrogens is 2. The molecule has 0 unspecified atom stereocenters. The van der Waals surface area contributed by atoms with Crippen LogP contribution in [0, 0.1) is 18.4 Å². The van der Waals surface area contributed by atoms with Crippen LogP contribution in [-0.2, 0) is 0 Å². The van der Waals surface area contributed by atoms with Gasteiger partial charge in [-0.05, 0) is 25.3 Å². The van der Waals surface area contributed by atoms with Gasteiger partial charge in [0.15, 0.2) is 17.2 Å². The van der Waals surface area contributed by atoms with Crippen molar-refractivity contribution in [3.05, 3.63) is 30.1 Å². The van der Waals surface area contributed by atoms with E-state index in [4.69, 9.17) is 9.78 Å². The molecule has 0 saturated heterocycles. The number of amidine groups is 1. The van der Waals surface area contributed by atoms with Crippen LogP contribution in [0.4, 0.5) is 5.69 Å². The molecule has 0 atom stereocenters. The maximum absolute atomic E-state index is 8.64. The third-order valence-corrected chi connectivity index (χ3v) is 2.82. The lowest BCUT2D eigenvalue weighted by Crippen LogP contribution is -2.12. The number of thioether (sulfide) groups is 1.